The van der Waals surface area contributed by atoms with Gasteiger partial charge in [0.2, 0.25) is 0 Å². The van der Waals surface area contributed by atoms with E-state index in [4.69, 9.17) is 12.2 Å². The summed E-state index contributed by atoms with van der Waals surface area (Å²) in [6.07, 6.45) is 0.398. The highest BCUT2D eigenvalue weighted by Gasteiger charge is 2.09. The first-order valence-corrected chi connectivity index (χ1v) is 8.13. The average Bonchev–Trinajstić information content (AvgIpc) is 2.61. The van der Waals surface area contributed by atoms with Crippen molar-refractivity contribution in [2.75, 3.05) is 6.54 Å². The molecule has 0 aliphatic heterocycles. The summed E-state index contributed by atoms with van der Waals surface area (Å²) >= 11 is 5.08. The zero-order valence-electron chi connectivity index (χ0n) is 13.5. The number of benzene rings is 2. The number of halogens is 1. The maximum atomic E-state index is 13.6. The minimum atomic E-state index is -0.293. The molecule has 2 N–H and O–H groups in total. The highest BCUT2D eigenvalue weighted by atomic mass is 32.1. The van der Waals surface area contributed by atoms with Gasteiger partial charge in [-0.15, -0.1) is 0 Å². The topological polar surface area (TPSA) is 66.9 Å². The summed E-state index contributed by atoms with van der Waals surface area (Å²) in [6.45, 7) is 0.310. The fourth-order valence-corrected chi connectivity index (χ4v) is 2.75. The average molecular weight is 357 g/mol. The van der Waals surface area contributed by atoms with E-state index >= 15 is 0 Å². The number of hydrogen-bond donors (Lipinski definition) is 2. The molecule has 1 amide bonds. The summed E-state index contributed by atoms with van der Waals surface area (Å²) in [5.41, 5.74) is 1.24. The predicted octanol–water partition coefficient (Wildman–Crippen LogP) is 2.71. The maximum Gasteiger partial charge on any atom is 0.261 e. The minimum absolute atomic E-state index is 0.217. The van der Waals surface area contributed by atoms with Crippen molar-refractivity contribution in [1.82, 2.24) is 14.9 Å². The largest absolute Gasteiger partial charge is 0.352 e. The van der Waals surface area contributed by atoms with Crippen molar-refractivity contribution in [3.8, 4) is 0 Å². The van der Waals surface area contributed by atoms with Gasteiger partial charge in [0.1, 0.15) is 5.82 Å². The van der Waals surface area contributed by atoms with Gasteiger partial charge in [-0.3, -0.25) is 14.2 Å². The summed E-state index contributed by atoms with van der Waals surface area (Å²) in [6, 6.07) is 11.2. The third-order valence-electron chi connectivity index (χ3n) is 4.00. The molecule has 1 aromatic heterocycles. The van der Waals surface area contributed by atoms with E-state index in [0.717, 1.165) is 0 Å². The van der Waals surface area contributed by atoms with Crippen LogP contribution in [0.25, 0.3) is 10.9 Å². The van der Waals surface area contributed by atoms with E-state index in [9.17, 15) is 14.0 Å². The SMILES string of the molecule is Cn1c(=S)[nH]c2cc(C(=O)NCCc3ccccc3F)ccc2c1=O. The second-order valence-corrected chi connectivity index (χ2v) is 6.04. The second kappa shape index (κ2) is 6.98. The van der Waals surface area contributed by atoms with Crippen LogP contribution in [0.2, 0.25) is 0 Å². The van der Waals surface area contributed by atoms with Crippen molar-refractivity contribution in [3.63, 3.8) is 0 Å². The van der Waals surface area contributed by atoms with E-state index in [2.05, 4.69) is 10.3 Å². The van der Waals surface area contributed by atoms with Crippen molar-refractivity contribution < 1.29 is 9.18 Å². The Balaban J connectivity index is 1.76. The lowest BCUT2D eigenvalue weighted by molar-refractivity contribution is 0.0954. The van der Waals surface area contributed by atoms with Gasteiger partial charge < -0.3 is 10.3 Å². The summed E-state index contributed by atoms with van der Waals surface area (Å²) in [5, 5.41) is 3.21. The molecule has 0 aliphatic rings. The molecule has 2 aromatic carbocycles. The molecule has 0 saturated carbocycles. The Bertz CT molecular complexity index is 1070. The van der Waals surface area contributed by atoms with Gasteiger partial charge >= 0.3 is 0 Å². The van der Waals surface area contributed by atoms with Crippen LogP contribution in [0.4, 0.5) is 4.39 Å². The molecular weight excluding hydrogens is 341 g/mol. The molecule has 0 radical (unpaired) electrons. The van der Waals surface area contributed by atoms with Crippen LogP contribution >= 0.6 is 12.2 Å². The van der Waals surface area contributed by atoms with E-state index in [1.54, 1.807) is 43.4 Å². The first-order chi connectivity index (χ1) is 12.0. The fraction of sp³-hybridized carbons (Fsp3) is 0.167. The molecule has 7 heteroatoms. The number of amides is 1. The molecule has 3 rings (SSSR count). The van der Waals surface area contributed by atoms with Crippen LogP contribution in [0.1, 0.15) is 15.9 Å². The van der Waals surface area contributed by atoms with E-state index in [-0.39, 0.29) is 22.1 Å². The van der Waals surface area contributed by atoms with E-state index in [1.807, 2.05) is 0 Å². The molecule has 5 nitrogen and oxygen atoms in total. The number of carbonyl (C=O) groups excluding carboxylic acids is 1. The van der Waals surface area contributed by atoms with Gasteiger partial charge in [0, 0.05) is 19.2 Å². The monoisotopic (exact) mass is 357 g/mol. The lowest BCUT2D eigenvalue weighted by Gasteiger charge is -2.08. The van der Waals surface area contributed by atoms with Gasteiger partial charge in [-0.1, -0.05) is 18.2 Å². The number of fused-ring (bicyclic) bond motifs is 1. The number of rotatable bonds is 4. The van der Waals surface area contributed by atoms with Gasteiger partial charge in [0.15, 0.2) is 4.77 Å². The number of nitrogens with zero attached hydrogens (tertiary/aromatic N) is 1. The maximum absolute atomic E-state index is 13.6. The molecule has 0 atom stereocenters. The Hall–Kier alpha value is -2.80. The Morgan fingerprint density at radius 2 is 2.04 bits per heavy atom. The van der Waals surface area contributed by atoms with Gasteiger partial charge in [-0.25, -0.2) is 4.39 Å². The highest BCUT2D eigenvalue weighted by molar-refractivity contribution is 7.71. The van der Waals surface area contributed by atoms with Gasteiger partial charge in [-0.2, -0.15) is 0 Å². The van der Waals surface area contributed by atoms with E-state index in [0.29, 0.717) is 35.0 Å². The molecule has 128 valence electrons. The number of carbonyl (C=O) groups is 1. The normalized spacial score (nSPS) is 10.8. The summed E-state index contributed by atoms with van der Waals surface area (Å²) in [4.78, 5) is 27.3. The number of H-pyrrole nitrogens is 1. The van der Waals surface area contributed by atoms with E-state index < -0.39 is 0 Å². The zero-order chi connectivity index (χ0) is 18.0. The lowest BCUT2D eigenvalue weighted by Crippen LogP contribution is -2.26. The van der Waals surface area contributed by atoms with E-state index in [1.165, 1.54) is 10.6 Å². The zero-order valence-corrected chi connectivity index (χ0v) is 14.3. The molecule has 0 saturated heterocycles. The van der Waals surface area contributed by atoms with Crippen molar-refractivity contribution in [2.24, 2.45) is 7.05 Å². The summed E-state index contributed by atoms with van der Waals surface area (Å²) in [7, 11) is 1.59. The van der Waals surface area contributed by atoms with Crippen molar-refractivity contribution in [3.05, 3.63) is 74.5 Å². The first kappa shape index (κ1) is 17.0. The minimum Gasteiger partial charge on any atom is -0.352 e. The molecule has 3 aromatic rings. The third kappa shape index (κ3) is 3.51. The van der Waals surface area contributed by atoms with Crippen molar-refractivity contribution in [1.29, 1.82) is 0 Å². The molecule has 0 unspecified atom stereocenters. The number of hydrogen-bond acceptors (Lipinski definition) is 3. The van der Waals surface area contributed by atoms with Crippen LogP contribution in [-0.4, -0.2) is 22.0 Å². The smallest absolute Gasteiger partial charge is 0.261 e. The Morgan fingerprint density at radius 1 is 1.28 bits per heavy atom. The summed E-state index contributed by atoms with van der Waals surface area (Å²) in [5.74, 6) is -0.580. The first-order valence-electron chi connectivity index (χ1n) is 7.72. The van der Waals surface area contributed by atoms with Crippen molar-refractivity contribution in [2.45, 2.75) is 6.42 Å². The van der Waals surface area contributed by atoms with Gasteiger partial charge in [-0.05, 0) is 48.5 Å². The van der Waals surface area contributed by atoms with Crippen LogP contribution in [-0.2, 0) is 13.5 Å². The molecule has 0 spiro atoms. The number of nitrogens with one attached hydrogen (secondary N) is 2. The molecular formula is C18H16FN3O2S. The number of aromatic nitrogens is 2. The molecule has 0 aliphatic carbocycles. The van der Waals surface area contributed by atoms with Crippen LogP contribution in [0.3, 0.4) is 0 Å². The fourth-order valence-electron chi connectivity index (χ4n) is 2.56. The third-order valence-corrected chi connectivity index (χ3v) is 4.38. The Morgan fingerprint density at radius 3 is 2.80 bits per heavy atom. The highest BCUT2D eigenvalue weighted by Crippen LogP contribution is 2.11. The van der Waals surface area contributed by atoms with Crippen molar-refractivity contribution >= 4 is 29.0 Å². The lowest BCUT2D eigenvalue weighted by atomic mass is 10.1. The molecule has 25 heavy (non-hydrogen) atoms. The Kier molecular flexibility index (Phi) is 4.76. The van der Waals surface area contributed by atoms with Crippen LogP contribution < -0.4 is 10.9 Å². The standard InChI is InChI=1S/C18H16FN3O2S/c1-22-17(24)13-7-6-12(10-15(13)21-18(22)25)16(23)20-9-8-11-4-2-3-5-14(11)19/h2-7,10H,8-9H2,1H3,(H,20,23)(H,21,25). The summed E-state index contributed by atoms with van der Waals surface area (Å²) < 4.78 is 15.2. The van der Waals surface area contributed by atoms with Crippen LogP contribution in [0.5, 0.6) is 0 Å². The molecule has 0 fully saturated rings. The second-order valence-electron chi connectivity index (χ2n) is 5.65. The number of aromatic amines is 1. The van der Waals surface area contributed by atoms with Crippen LogP contribution in [0, 0.1) is 10.6 Å². The quantitative estimate of drug-likeness (QED) is 0.706. The molecule has 1 heterocycles. The van der Waals surface area contributed by atoms with Gasteiger partial charge in [0.25, 0.3) is 11.5 Å². The molecule has 0 bridgehead atoms. The van der Waals surface area contributed by atoms with Crippen LogP contribution in [0.15, 0.2) is 47.3 Å². The Labute approximate surface area is 148 Å². The predicted molar refractivity (Wildman–Crippen MR) is 96.8 cm³/mol. The van der Waals surface area contributed by atoms with Gasteiger partial charge in [0.05, 0.1) is 10.9 Å².